The van der Waals surface area contributed by atoms with Crippen LogP contribution in [0.25, 0.3) is 0 Å². The summed E-state index contributed by atoms with van der Waals surface area (Å²) in [5, 5.41) is 6.93. The number of esters is 2. The molecule has 0 amide bonds. The maximum absolute atomic E-state index is 12.1. The van der Waals surface area contributed by atoms with Crippen LogP contribution in [-0.2, 0) is 14.3 Å². The van der Waals surface area contributed by atoms with Crippen LogP contribution < -0.4 is 10.6 Å². The Bertz CT molecular complexity index is 663. The number of anilines is 1. The first-order valence-electron chi connectivity index (χ1n) is 10.0. The molecule has 1 saturated heterocycles. The molecule has 6 nitrogen and oxygen atoms in total. The van der Waals surface area contributed by atoms with Gasteiger partial charge in [0.15, 0.2) is 0 Å². The van der Waals surface area contributed by atoms with Crippen molar-refractivity contribution in [3.05, 3.63) is 29.8 Å². The second-order valence-electron chi connectivity index (χ2n) is 7.42. The number of nitrogens with one attached hydrogen (secondary N) is 2. The van der Waals surface area contributed by atoms with Crippen LogP contribution in [0.15, 0.2) is 24.3 Å². The third-order valence-electron chi connectivity index (χ3n) is 5.62. The minimum absolute atomic E-state index is 0.131. The fraction of sp³-hybridized carbons (Fsp3) is 0.619. The number of hydrogen-bond acceptors (Lipinski definition) is 6. The number of carbonyl (C=O) groups excluding carboxylic acids is 2. The van der Waals surface area contributed by atoms with Crippen LogP contribution in [0.5, 0.6) is 0 Å². The highest BCUT2D eigenvalue weighted by Crippen LogP contribution is 2.37. The largest absolute Gasteiger partial charge is 0.465 e. The lowest BCUT2D eigenvalue weighted by Crippen LogP contribution is -2.51. The van der Waals surface area contributed by atoms with Gasteiger partial charge in [-0.2, -0.15) is 0 Å². The zero-order valence-corrected chi connectivity index (χ0v) is 16.2. The van der Waals surface area contributed by atoms with E-state index in [-0.39, 0.29) is 18.0 Å². The lowest BCUT2D eigenvalue weighted by Gasteiger charge is -2.42. The fourth-order valence-corrected chi connectivity index (χ4v) is 4.30. The third-order valence-corrected chi connectivity index (χ3v) is 5.62. The van der Waals surface area contributed by atoms with Gasteiger partial charge in [0.05, 0.1) is 18.8 Å². The Kier molecular flexibility index (Phi) is 6.72. The monoisotopic (exact) mass is 374 g/mol. The Morgan fingerprint density at radius 3 is 2.70 bits per heavy atom. The zero-order chi connectivity index (χ0) is 19.2. The SMILES string of the molecule is CCOC(=O)c1cccc(NC2CCC3CNC(C(=O)OCC)CC3C2)c1. The molecule has 0 spiro atoms. The van der Waals surface area contributed by atoms with Gasteiger partial charge in [-0.1, -0.05) is 6.07 Å². The lowest BCUT2D eigenvalue weighted by atomic mass is 9.72. The van der Waals surface area contributed by atoms with Crippen molar-refractivity contribution in [2.45, 2.75) is 51.6 Å². The van der Waals surface area contributed by atoms with Crippen LogP contribution in [0.1, 0.15) is 49.9 Å². The van der Waals surface area contributed by atoms with E-state index in [0.717, 1.165) is 37.9 Å². The molecule has 148 valence electrons. The van der Waals surface area contributed by atoms with Crippen molar-refractivity contribution in [2.24, 2.45) is 11.8 Å². The summed E-state index contributed by atoms with van der Waals surface area (Å²) in [6.45, 7) is 5.33. The first-order valence-corrected chi connectivity index (χ1v) is 10.0. The average molecular weight is 374 g/mol. The topological polar surface area (TPSA) is 76.7 Å². The predicted octanol–water partition coefficient (Wildman–Crippen LogP) is 2.99. The van der Waals surface area contributed by atoms with Gasteiger partial charge in [0, 0.05) is 11.7 Å². The molecular formula is C21H30N2O4. The molecule has 1 aliphatic carbocycles. The summed E-state index contributed by atoms with van der Waals surface area (Å²) < 4.78 is 10.3. The highest BCUT2D eigenvalue weighted by atomic mass is 16.5. The molecule has 1 aliphatic heterocycles. The highest BCUT2D eigenvalue weighted by molar-refractivity contribution is 5.90. The Morgan fingerprint density at radius 2 is 1.93 bits per heavy atom. The first-order chi connectivity index (χ1) is 13.1. The summed E-state index contributed by atoms with van der Waals surface area (Å²) in [5.41, 5.74) is 1.51. The molecule has 4 atom stereocenters. The molecule has 1 heterocycles. The van der Waals surface area contributed by atoms with Gasteiger partial charge in [0.25, 0.3) is 0 Å². The molecule has 1 saturated carbocycles. The number of hydrogen-bond donors (Lipinski definition) is 2. The van der Waals surface area contributed by atoms with Crippen LogP contribution in [0.2, 0.25) is 0 Å². The van der Waals surface area contributed by atoms with Gasteiger partial charge in [-0.15, -0.1) is 0 Å². The van der Waals surface area contributed by atoms with Crippen molar-refractivity contribution < 1.29 is 19.1 Å². The van der Waals surface area contributed by atoms with E-state index in [1.165, 1.54) is 0 Å². The Morgan fingerprint density at radius 1 is 1.11 bits per heavy atom. The number of rotatable bonds is 6. The van der Waals surface area contributed by atoms with Crippen molar-refractivity contribution in [1.29, 1.82) is 0 Å². The Hall–Kier alpha value is -2.08. The number of piperidine rings is 1. The molecule has 2 N–H and O–H groups in total. The van der Waals surface area contributed by atoms with Crippen molar-refractivity contribution in [1.82, 2.24) is 5.32 Å². The predicted molar refractivity (Wildman–Crippen MR) is 104 cm³/mol. The van der Waals surface area contributed by atoms with Gasteiger partial charge in [0.1, 0.15) is 6.04 Å². The third kappa shape index (κ3) is 5.01. The van der Waals surface area contributed by atoms with E-state index in [9.17, 15) is 9.59 Å². The van der Waals surface area contributed by atoms with E-state index in [4.69, 9.17) is 9.47 Å². The van der Waals surface area contributed by atoms with E-state index in [1.807, 2.05) is 25.1 Å². The van der Waals surface area contributed by atoms with Gasteiger partial charge in [-0.05, 0) is 76.1 Å². The van der Waals surface area contributed by atoms with E-state index in [1.54, 1.807) is 13.0 Å². The Balaban J connectivity index is 1.59. The molecule has 2 aliphatic rings. The molecule has 1 aromatic carbocycles. The normalized spacial score (nSPS) is 27.3. The van der Waals surface area contributed by atoms with Crippen LogP contribution in [0.4, 0.5) is 5.69 Å². The van der Waals surface area contributed by atoms with Gasteiger partial charge in [-0.3, -0.25) is 4.79 Å². The minimum Gasteiger partial charge on any atom is -0.465 e. The van der Waals surface area contributed by atoms with Crippen LogP contribution in [0, 0.1) is 11.8 Å². The van der Waals surface area contributed by atoms with Crippen LogP contribution >= 0.6 is 0 Å². The molecule has 3 rings (SSSR count). The summed E-state index contributed by atoms with van der Waals surface area (Å²) in [7, 11) is 0. The molecule has 27 heavy (non-hydrogen) atoms. The summed E-state index contributed by atoms with van der Waals surface area (Å²) >= 11 is 0. The maximum atomic E-state index is 12.1. The zero-order valence-electron chi connectivity index (χ0n) is 16.2. The van der Waals surface area contributed by atoms with Crippen molar-refractivity contribution in [3.63, 3.8) is 0 Å². The van der Waals surface area contributed by atoms with Crippen molar-refractivity contribution >= 4 is 17.6 Å². The van der Waals surface area contributed by atoms with Crippen LogP contribution in [-0.4, -0.2) is 43.8 Å². The van der Waals surface area contributed by atoms with Crippen molar-refractivity contribution in [2.75, 3.05) is 25.1 Å². The molecule has 1 aromatic rings. The highest BCUT2D eigenvalue weighted by Gasteiger charge is 2.38. The standard InChI is InChI=1S/C21H30N2O4/c1-3-26-20(24)14-6-5-7-17(10-14)23-18-9-8-15-13-22-19(12-16(15)11-18)21(25)27-4-2/h5-7,10,15-16,18-19,22-23H,3-4,8-9,11-13H2,1-2H3. The molecular weight excluding hydrogens is 344 g/mol. The van der Waals surface area contributed by atoms with Crippen molar-refractivity contribution in [3.8, 4) is 0 Å². The van der Waals surface area contributed by atoms with E-state index >= 15 is 0 Å². The quantitative estimate of drug-likeness (QED) is 0.746. The first kappa shape index (κ1) is 19.7. The molecule has 6 heteroatoms. The van der Waals surface area contributed by atoms with Crippen LogP contribution in [0.3, 0.4) is 0 Å². The van der Waals surface area contributed by atoms with Gasteiger partial charge >= 0.3 is 11.9 Å². The second kappa shape index (κ2) is 9.22. The number of fused-ring (bicyclic) bond motifs is 1. The minimum atomic E-state index is -0.291. The molecule has 0 aromatic heterocycles. The lowest BCUT2D eigenvalue weighted by molar-refractivity contribution is -0.147. The summed E-state index contributed by atoms with van der Waals surface area (Å²) in [4.78, 5) is 24.0. The summed E-state index contributed by atoms with van der Waals surface area (Å²) in [6, 6.07) is 7.66. The molecule has 0 bridgehead atoms. The Labute approximate surface area is 161 Å². The summed E-state index contributed by atoms with van der Waals surface area (Å²) in [6.07, 6.45) is 4.11. The smallest absolute Gasteiger partial charge is 0.338 e. The number of carbonyl (C=O) groups is 2. The molecule has 2 fully saturated rings. The molecule has 0 radical (unpaired) electrons. The number of benzene rings is 1. The van der Waals surface area contributed by atoms with Gasteiger partial charge < -0.3 is 20.1 Å². The average Bonchev–Trinajstić information content (AvgIpc) is 2.68. The number of ether oxygens (including phenoxy) is 2. The second-order valence-corrected chi connectivity index (χ2v) is 7.42. The van der Waals surface area contributed by atoms with Gasteiger partial charge in [-0.25, -0.2) is 4.79 Å². The maximum Gasteiger partial charge on any atom is 0.338 e. The fourth-order valence-electron chi connectivity index (χ4n) is 4.30. The van der Waals surface area contributed by atoms with E-state index in [0.29, 0.717) is 36.7 Å². The van der Waals surface area contributed by atoms with Gasteiger partial charge in [0.2, 0.25) is 0 Å². The van der Waals surface area contributed by atoms with E-state index < -0.39 is 0 Å². The molecule has 4 unspecified atom stereocenters. The van der Waals surface area contributed by atoms with E-state index in [2.05, 4.69) is 10.6 Å². The summed E-state index contributed by atoms with van der Waals surface area (Å²) in [5.74, 6) is 0.716.